The lowest BCUT2D eigenvalue weighted by Gasteiger charge is -2.14. The molecule has 0 saturated carbocycles. The summed E-state index contributed by atoms with van der Waals surface area (Å²) in [5, 5.41) is 12.3. The average molecular weight is 308 g/mol. The Hall–Kier alpha value is -1.79. The van der Waals surface area contributed by atoms with E-state index in [4.69, 9.17) is 5.11 Å². The van der Waals surface area contributed by atoms with Crippen LogP contribution in [0.4, 0.5) is 4.39 Å². The van der Waals surface area contributed by atoms with Crippen molar-refractivity contribution in [3.05, 3.63) is 41.2 Å². The molecule has 112 valence electrons. The molecule has 1 aromatic carbocycles. The van der Waals surface area contributed by atoms with E-state index in [0.717, 1.165) is 17.8 Å². The van der Waals surface area contributed by atoms with E-state index in [1.807, 2.05) is 6.92 Å². The van der Waals surface area contributed by atoms with Gasteiger partial charge in [-0.1, -0.05) is 19.1 Å². The molecule has 0 bridgehead atoms. The van der Waals surface area contributed by atoms with Crippen LogP contribution in [0.5, 0.6) is 0 Å². The Bertz CT molecular complexity index is 615. The number of aliphatic hydroxyl groups excluding tert-OH is 1. The van der Waals surface area contributed by atoms with Gasteiger partial charge in [0.2, 0.25) is 0 Å². The molecule has 0 radical (unpaired) electrons. The number of carbonyl (C=O) groups excluding carboxylic acids is 1. The van der Waals surface area contributed by atoms with Gasteiger partial charge >= 0.3 is 0 Å². The Balaban J connectivity index is 2.13. The van der Waals surface area contributed by atoms with E-state index in [0.29, 0.717) is 21.9 Å². The van der Waals surface area contributed by atoms with Gasteiger partial charge in [-0.3, -0.25) is 4.79 Å². The number of benzene rings is 1. The Kier molecular flexibility index (Phi) is 5.41. The topological polar surface area (TPSA) is 62.2 Å². The van der Waals surface area contributed by atoms with Crippen molar-refractivity contribution in [2.24, 2.45) is 0 Å². The standard InChI is InChI=1S/C15H17FN2O2S/c1-2-10(7-8-19)18-14(20)13-9-17-15(21-13)11-5-3-4-6-12(11)16/h3-6,9-10,19H,2,7-8H2,1H3,(H,18,20). The number of nitrogens with one attached hydrogen (secondary N) is 1. The van der Waals surface area contributed by atoms with Gasteiger partial charge in [0.25, 0.3) is 5.91 Å². The summed E-state index contributed by atoms with van der Waals surface area (Å²) in [6.07, 6.45) is 2.71. The van der Waals surface area contributed by atoms with Crippen LogP contribution in [0.15, 0.2) is 30.5 Å². The first-order valence-electron chi connectivity index (χ1n) is 6.78. The van der Waals surface area contributed by atoms with Gasteiger partial charge in [0, 0.05) is 18.2 Å². The number of halogens is 1. The molecule has 0 fully saturated rings. The predicted molar refractivity (Wildman–Crippen MR) is 80.8 cm³/mol. The number of carbonyl (C=O) groups is 1. The molecule has 2 N–H and O–H groups in total. The van der Waals surface area contributed by atoms with E-state index in [-0.39, 0.29) is 24.4 Å². The van der Waals surface area contributed by atoms with Gasteiger partial charge in [-0.05, 0) is 25.0 Å². The van der Waals surface area contributed by atoms with Crippen molar-refractivity contribution in [3.8, 4) is 10.6 Å². The minimum absolute atomic E-state index is 0.0297. The minimum atomic E-state index is -0.356. The molecule has 1 aromatic heterocycles. The van der Waals surface area contributed by atoms with Gasteiger partial charge in [-0.2, -0.15) is 0 Å². The van der Waals surface area contributed by atoms with Gasteiger partial charge < -0.3 is 10.4 Å². The molecule has 0 saturated heterocycles. The van der Waals surface area contributed by atoms with Crippen molar-refractivity contribution in [1.29, 1.82) is 0 Å². The zero-order valence-electron chi connectivity index (χ0n) is 11.7. The van der Waals surface area contributed by atoms with Crippen molar-refractivity contribution < 1.29 is 14.3 Å². The molecule has 0 spiro atoms. The molecule has 0 aliphatic heterocycles. The van der Waals surface area contributed by atoms with Gasteiger partial charge in [0.1, 0.15) is 15.7 Å². The van der Waals surface area contributed by atoms with Crippen molar-refractivity contribution >= 4 is 17.2 Å². The SMILES string of the molecule is CCC(CCO)NC(=O)c1cnc(-c2ccccc2F)s1. The smallest absolute Gasteiger partial charge is 0.263 e. The van der Waals surface area contributed by atoms with Crippen molar-refractivity contribution in [1.82, 2.24) is 10.3 Å². The minimum Gasteiger partial charge on any atom is -0.396 e. The maximum Gasteiger partial charge on any atom is 0.263 e. The van der Waals surface area contributed by atoms with E-state index >= 15 is 0 Å². The second-order valence-electron chi connectivity index (χ2n) is 4.60. The van der Waals surface area contributed by atoms with Crippen molar-refractivity contribution in [2.45, 2.75) is 25.8 Å². The highest BCUT2D eigenvalue weighted by Crippen LogP contribution is 2.27. The molecular formula is C15H17FN2O2S. The largest absolute Gasteiger partial charge is 0.396 e. The number of aliphatic hydroxyl groups is 1. The number of aromatic nitrogens is 1. The zero-order chi connectivity index (χ0) is 15.2. The lowest BCUT2D eigenvalue weighted by molar-refractivity contribution is 0.0933. The van der Waals surface area contributed by atoms with Crippen LogP contribution in [0.3, 0.4) is 0 Å². The fourth-order valence-electron chi connectivity index (χ4n) is 1.93. The summed E-state index contributed by atoms with van der Waals surface area (Å²) >= 11 is 1.15. The summed E-state index contributed by atoms with van der Waals surface area (Å²) < 4.78 is 13.7. The molecule has 1 heterocycles. The Labute approximate surface area is 126 Å². The highest BCUT2D eigenvalue weighted by molar-refractivity contribution is 7.16. The number of thiazole rings is 1. The molecule has 6 heteroatoms. The average Bonchev–Trinajstić information content (AvgIpc) is 2.97. The Morgan fingerprint density at radius 1 is 1.48 bits per heavy atom. The van der Waals surface area contributed by atoms with E-state index in [1.165, 1.54) is 12.3 Å². The zero-order valence-corrected chi connectivity index (χ0v) is 12.5. The molecule has 0 aliphatic rings. The highest BCUT2D eigenvalue weighted by atomic mass is 32.1. The van der Waals surface area contributed by atoms with Gasteiger partial charge in [-0.15, -0.1) is 11.3 Å². The first kappa shape index (κ1) is 15.6. The molecule has 1 amide bonds. The van der Waals surface area contributed by atoms with Crippen LogP contribution in [0.25, 0.3) is 10.6 Å². The van der Waals surface area contributed by atoms with Crippen LogP contribution >= 0.6 is 11.3 Å². The van der Waals surface area contributed by atoms with E-state index in [2.05, 4.69) is 10.3 Å². The second kappa shape index (κ2) is 7.28. The van der Waals surface area contributed by atoms with Crippen molar-refractivity contribution in [2.75, 3.05) is 6.61 Å². The fraction of sp³-hybridized carbons (Fsp3) is 0.333. The first-order chi connectivity index (χ1) is 10.2. The summed E-state index contributed by atoms with van der Waals surface area (Å²) in [5.74, 6) is -0.596. The molecule has 2 rings (SSSR count). The number of hydrogen-bond donors (Lipinski definition) is 2. The molecule has 1 atom stereocenters. The fourth-order valence-corrected chi connectivity index (χ4v) is 2.78. The van der Waals surface area contributed by atoms with Gasteiger partial charge in [0.15, 0.2) is 0 Å². The summed E-state index contributed by atoms with van der Waals surface area (Å²) in [5.41, 5.74) is 0.393. The maximum atomic E-state index is 13.7. The predicted octanol–water partition coefficient (Wildman–Crippen LogP) is 2.84. The summed E-state index contributed by atoms with van der Waals surface area (Å²) in [7, 11) is 0. The Morgan fingerprint density at radius 2 is 2.24 bits per heavy atom. The highest BCUT2D eigenvalue weighted by Gasteiger charge is 2.16. The monoisotopic (exact) mass is 308 g/mol. The lowest BCUT2D eigenvalue weighted by atomic mass is 10.1. The number of nitrogens with zero attached hydrogens (tertiary/aromatic N) is 1. The van der Waals surface area contributed by atoms with E-state index < -0.39 is 0 Å². The maximum absolute atomic E-state index is 13.7. The normalized spacial score (nSPS) is 12.1. The first-order valence-corrected chi connectivity index (χ1v) is 7.59. The molecule has 1 unspecified atom stereocenters. The van der Waals surface area contributed by atoms with Crippen LogP contribution in [0.2, 0.25) is 0 Å². The summed E-state index contributed by atoms with van der Waals surface area (Å²) in [4.78, 5) is 16.7. The van der Waals surface area contributed by atoms with Gasteiger partial charge in [-0.25, -0.2) is 9.37 Å². The van der Waals surface area contributed by atoms with Crippen LogP contribution in [-0.2, 0) is 0 Å². The third-order valence-electron chi connectivity index (χ3n) is 3.14. The molecule has 4 nitrogen and oxygen atoms in total. The molecule has 0 aliphatic carbocycles. The van der Waals surface area contributed by atoms with E-state index in [1.54, 1.807) is 18.2 Å². The third-order valence-corrected chi connectivity index (χ3v) is 4.17. The van der Waals surface area contributed by atoms with Crippen LogP contribution in [0, 0.1) is 5.82 Å². The number of amides is 1. The quantitative estimate of drug-likeness (QED) is 0.862. The van der Waals surface area contributed by atoms with E-state index in [9.17, 15) is 9.18 Å². The van der Waals surface area contributed by atoms with Gasteiger partial charge in [0.05, 0.1) is 6.20 Å². The summed E-state index contributed by atoms with van der Waals surface area (Å²) in [6, 6.07) is 6.28. The second-order valence-corrected chi connectivity index (χ2v) is 5.63. The van der Waals surface area contributed by atoms with Crippen LogP contribution in [0.1, 0.15) is 29.4 Å². The van der Waals surface area contributed by atoms with Crippen LogP contribution in [-0.4, -0.2) is 28.6 Å². The molecular weight excluding hydrogens is 291 g/mol. The Morgan fingerprint density at radius 3 is 2.90 bits per heavy atom. The lowest BCUT2D eigenvalue weighted by Crippen LogP contribution is -2.34. The van der Waals surface area contributed by atoms with Crippen molar-refractivity contribution in [3.63, 3.8) is 0 Å². The number of hydrogen-bond acceptors (Lipinski definition) is 4. The summed E-state index contributed by atoms with van der Waals surface area (Å²) in [6.45, 7) is 1.97. The third kappa shape index (κ3) is 3.86. The molecule has 2 aromatic rings. The number of rotatable bonds is 6. The molecule has 21 heavy (non-hydrogen) atoms. The van der Waals surface area contributed by atoms with Crippen LogP contribution < -0.4 is 5.32 Å².